The summed E-state index contributed by atoms with van der Waals surface area (Å²) in [7, 11) is 0. The summed E-state index contributed by atoms with van der Waals surface area (Å²) in [6.07, 6.45) is 0. The van der Waals surface area contributed by atoms with Crippen LogP contribution in [-0.2, 0) is 0 Å². The second-order valence-corrected chi connectivity index (χ2v) is 7.65. The van der Waals surface area contributed by atoms with E-state index in [-0.39, 0.29) is 5.91 Å². The van der Waals surface area contributed by atoms with E-state index in [9.17, 15) is 4.79 Å². The fraction of sp³-hybridized carbons (Fsp3) is 0.200. The van der Waals surface area contributed by atoms with Crippen LogP contribution in [0, 0.1) is 6.92 Å². The third kappa shape index (κ3) is 3.43. The lowest BCUT2D eigenvalue weighted by atomic mass is 10.1. The number of para-hydroxylation sites is 3. The van der Waals surface area contributed by atoms with Gasteiger partial charge in [-0.1, -0.05) is 42.0 Å². The number of carbonyl (C=O) groups is 1. The van der Waals surface area contributed by atoms with Gasteiger partial charge in [0.15, 0.2) is 5.75 Å². The molecule has 0 aliphatic carbocycles. The molecule has 0 radical (unpaired) electrons. The number of piperazine rings is 1. The second kappa shape index (κ2) is 7.67. The van der Waals surface area contributed by atoms with Gasteiger partial charge in [0, 0.05) is 31.7 Å². The first-order valence-electron chi connectivity index (χ1n) is 10.2. The van der Waals surface area contributed by atoms with Crippen LogP contribution in [0.4, 0.5) is 5.69 Å². The molecule has 0 unspecified atom stereocenters. The first kappa shape index (κ1) is 18.4. The monoisotopic (exact) mass is 397 g/mol. The third-order valence-corrected chi connectivity index (χ3v) is 5.60. The summed E-state index contributed by atoms with van der Waals surface area (Å²) in [4.78, 5) is 22.0. The molecule has 0 atom stereocenters. The minimum atomic E-state index is 0.0894. The molecule has 5 rings (SSSR count). The summed E-state index contributed by atoms with van der Waals surface area (Å²) in [5.74, 6) is 2.55. The number of rotatable bonds is 1. The maximum atomic E-state index is 12.9. The lowest BCUT2D eigenvalue weighted by molar-refractivity contribution is 0.0692. The van der Waals surface area contributed by atoms with Gasteiger partial charge in [0.25, 0.3) is 5.91 Å². The molecule has 0 bridgehead atoms. The van der Waals surface area contributed by atoms with Gasteiger partial charge >= 0.3 is 0 Å². The Morgan fingerprint density at radius 2 is 1.50 bits per heavy atom. The Kier molecular flexibility index (Phi) is 4.71. The molecule has 2 aliphatic rings. The number of fused-ring (bicyclic) bond motifs is 2. The number of aliphatic imine (C=N–C) groups is 1. The summed E-state index contributed by atoms with van der Waals surface area (Å²) in [6, 6.07) is 23.6. The van der Waals surface area contributed by atoms with E-state index in [4.69, 9.17) is 9.73 Å². The molecule has 5 heteroatoms. The van der Waals surface area contributed by atoms with Crippen LogP contribution >= 0.6 is 0 Å². The van der Waals surface area contributed by atoms with E-state index in [1.165, 1.54) is 0 Å². The molecule has 1 saturated heterocycles. The molecule has 30 heavy (non-hydrogen) atoms. The molecule has 3 aromatic carbocycles. The standard InChI is InChI=1S/C25H23N3O2/c1-18-10-12-19(13-11-18)25(29)28-16-14-27(15-17-28)24-20-6-2-4-8-22(20)30-23-9-5-3-7-21(23)26-24/h2-13H,14-17H2,1H3. The van der Waals surface area contributed by atoms with E-state index in [0.717, 1.165) is 52.8 Å². The van der Waals surface area contributed by atoms with Crippen molar-refractivity contribution >= 4 is 17.4 Å². The molecule has 5 nitrogen and oxygen atoms in total. The van der Waals surface area contributed by atoms with E-state index in [1.807, 2.05) is 84.6 Å². The van der Waals surface area contributed by atoms with Gasteiger partial charge in [-0.3, -0.25) is 4.79 Å². The predicted molar refractivity (Wildman–Crippen MR) is 118 cm³/mol. The molecule has 150 valence electrons. The van der Waals surface area contributed by atoms with Crippen molar-refractivity contribution in [2.24, 2.45) is 4.99 Å². The fourth-order valence-electron chi connectivity index (χ4n) is 3.91. The zero-order valence-electron chi connectivity index (χ0n) is 16.9. The highest BCUT2D eigenvalue weighted by molar-refractivity contribution is 6.04. The highest BCUT2D eigenvalue weighted by atomic mass is 16.5. The third-order valence-electron chi connectivity index (χ3n) is 5.60. The van der Waals surface area contributed by atoms with Crippen molar-refractivity contribution in [3.8, 4) is 11.5 Å². The van der Waals surface area contributed by atoms with Gasteiger partial charge in [0.1, 0.15) is 17.3 Å². The number of hydrogen-bond donors (Lipinski definition) is 0. The van der Waals surface area contributed by atoms with Gasteiger partial charge in [-0.15, -0.1) is 0 Å². The predicted octanol–water partition coefficient (Wildman–Crippen LogP) is 4.64. The number of amidine groups is 1. The van der Waals surface area contributed by atoms with Crippen LogP contribution in [0.5, 0.6) is 11.5 Å². The Morgan fingerprint density at radius 3 is 2.27 bits per heavy atom. The summed E-state index contributed by atoms with van der Waals surface area (Å²) in [5, 5.41) is 0. The molecule has 0 N–H and O–H groups in total. The van der Waals surface area contributed by atoms with Crippen molar-refractivity contribution in [2.75, 3.05) is 26.2 Å². The molecule has 0 spiro atoms. The Bertz CT molecular complexity index is 1110. The number of nitrogens with zero attached hydrogens (tertiary/aromatic N) is 3. The van der Waals surface area contributed by atoms with Gasteiger partial charge in [0.05, 0.1) is 5.56 Å². The average Bonchev–Trinajstić information content (AvgIpc) is 2.96. The van der Waals surface area contributed by atoms with Gasteiger partial charge in [-0.05, 0) is 43.3 Å². The highest BCUT2D eigenvalue weighted by Gasteiger charge is 2.27. The maximum absolute atomic E-state index is 12.9. The fourth-order valence-corrected chi connectivity index (χ4v) is 3.91. The summed E-state index contributed by atoms with van der Waals surface area (Å²) in [6.45, 7) is 4.81. The van der Waals surface area contributed by atoms with Crippen LogP contribution in [0.1, 0.15) is 21.5 Å². The first-order chi connectivity index (χ1) is 14.7. The van der Waals surface area contributed by atoms with Crippen LogP contribution in [0.3, 0.4) is 0 Å². The molecule has 0 saturated carbocycles. The Balaban J connectivity index is 1.39. The van der Waals surface area contributed by atoms with Crippen molar-refractivity contribution in [2.45, 2.75) is 6.92 Å². The molecule has 1 amide bonds. The van der Waals surface area contributed by atoms with E-state index < -0.39 is 0 Å². The Hall–Kier alpha value is -3.60. The highest BCUT2D eigenvalue weighted by Crippen LogP contribution is 2.37. The minimum absolute atomic E-state index is 0.0894. The number of benzene rings is 3. The lowest BCUT2D eigenvalue weighted by Crippen LogP contribution is -2.50. The van der Waals surface area contributed by atoms with Crippen molar-refractivity contribution in [3.05, 3.63) is 89.5 Å². The molecule has 1 fully saturated rings. The zero-order valence-corrected chi connectivity index (χ0v) is 16.9. The van der Waals surface area contributed by atoms with Crippen molar-refractivity contribution in [1.29, 1.82) is 0 Å². The van der Waals surface area contributed by atoms with Crippen LogP contribution in [0.2, 0.25) is 0 Å². The van der Waals surface area contributed by atoms with E-state index >= 15 is 0 Å². The van der Waals surface area contributed by atoms with Crippen molar-refractivity contribution in [3.63, 3.8) is 0 Å². The van der Waals surface area contributed by atoms with Gasteiger partial charge in [-0.2, -0.15) is 0 Å². The van der Waals surface area contributed by atoms with Crippen LogP contribution in [-0.4, -0.2) is 47.7 Å². The van der Waals surface area contributed by atoms with Gasteiger partial charge in [0.2, 0.25) is 0 Å². The quantitative estimate of drug-likeness (QED) is 0.601. The molecule has 0 aromatic heterocycles. The average molecular weight is 397 g/mol. The summed E-state index contributed by atoms with van der Waals surface area (Å²) < 4.78 is 6.14. The zero-order chi connectivity index (χ0) is 20.5. The molecule has 2 aliphatic heterocycles. The Labute approximate surface area is 176 Å². The largest absolute Gasteiger partial charge is 0.454 e. The van der Waals surface area contributed by atoms with Gasteiger partial charge in [-0.25, -0.2) is 4.99 Å². The number of carbonyl (C=O) groups excluding carboxylic acids is 1. The number of aryl methyl sites for hydroxylation is 1. The van der Waals surface area contributed by atoms with Crippen LogP contribution in [0.25, 0.3) is 0 Å². The molecule has 3 aromatic rings. The van der Waals surface area contributed by atoms with Gasteiger partial charge < -0.3 is 14.5 Å². The topological polar surface area (TPSA) is 45.1 Å². The Morgan fingerprint density at radius 1 is 0.833 bits per heavy atom. The molecular formula is C25H23N3O2. The van der Waals surface area contributed by atoms with Crippen molar-refractivity contribution < 1.29 is 9.53 Å². The molecule has 2 heterocycles. The van der Waals surface area contributed by atoms with E-state index in [2.05, 4.69) is 4.90 Å². The molecular weight excluding hydrogens is 374 g/mol. The second-order valence-electron chi connectivity index (χ2n) is 7.65. The van der Waals surface area contributed by atoms with Crippen LogP contribution in [0.15, 0.2) is 77.8 Å². The normalized spacial score (nSPS) is 15.4. The number of hydrogen-bond acceptors (Lipinski definition) is 4. The first-order valence-corrected chi connectivity index (χ1v) is 10.2. The van der Waals surface area contributed by atoms with Crippen LogP contribution < -0.4 is 4.74 Å². The maximum Gasteiger partial charge on any atom is 0.253 e. The van der Waals surface area contributed by atoms with E-state index in [1.54, 1.807) is 0 Å². The van der Waals surface area contributed by atoms with E-state index in [0.29, 0.717) is 13.1 Å². The smallest absolute Gasteiger partial charge is 0.253 e. The summed E-state index contributed by atoms with van der Waals surface area (Å²) in [5.41, 5.74) is 3.70. The van der Waals surface area contributed by atoms with Crippen molar-refractivity contribution in [1.82, 2.24) is 9.80 Å². The lowest BCUT2D eigenvalue weighted by Gasteiger charge is -2.36. The number of amides is 1. The number of ether oxygens (including phenoxy) is 1. The minimum Gasteiger partial charge on any atom is -0.454 e. The summed E-state index contributed by atoms with van der Waals surface area (Å²) >= 11 is 0. The SMILES string of the molecule is Cc1ccc(C(=O)N2CCN(C3=Nc4ccccc4Oc4ccccc43)CC2)cc1.